The van der Waals surface area contributed by atoms with Gasteiger partial charge in [0.05, 0.1) is 40.0 Å². The van der Waals surface area contributed by atoms with Crippen molar-refractivity contribution < 1.29 is 25.3 Å². The Balaban J connectivity index is 1.79. The second kappa shape index (κ2) is 6.49. The molecule has 0 radical (unpaired) electrons. The molecule has 4 atom stereocenters. The predicted octanol–water partition coefficient (Wildman–Crippen LogP) is -0.265. The van der Waals surface area contributed by atoms with Gasteiger partial charge >= 0.3 is 0 Å². The lowest BCUT2D eigenvalue weighted by Gasteiger charge is -2.43. The topological polar surface area (TPSA) is 118 Å². The average molecular weight is 449 g/mol. The van der Waals surface area contributed by atoms with Crippen LogP contribution in [0.2, 0.25) is 0 Å². The number of rotatable bonds is 3. The average Bonchev–Trinajstić information content (AvgIpc) is 3.04. The van der Waals surface area contributed by atoms with E-state index in [-0.39, 0.29) is 33.8 Å². The minimum atomic E-state index is -4.05. The summed E-state index contributed by atoms with van der Waals surface area (Å²) in [5, 5.41) is 3.10. The van der Waals surface area contributed by atoms with Crippen molar-refractivity contribution >= 4 is 29.7 Å². The van der Waals surface area contributed by atoms with Crippen LogP contribution in [0.3, 0.4) is 0 Å². The van der Waals surface area contributed by atoms with E-state index < -0.39 is 53.9 Å². The zero-order chi connectivity index (χ0) is 20.5. The first-order valence-corrected chi connectivity index (χ1v) is 14.3. The smallest absolute Gasteiger partial charge is 0.243 e. The van der Waals surface area contributed by atoms with Crippen molar-refractivity contribution in [2.75, 3.05) is 23.0 Å². The molecule has 0 aliphatic carbocycles. The number of nitrogens with zero attached hydrogens (tertiary/aromatic N) is 1. The molecule has 11 heteroatoms. The number of nitrogens with one attached hydrogen (secondary N) is 1. The molecule has 3 saturated heterocycles. The first kappa shape index (κ1) is 20.3. The van der Waals surface area contributed by atoms with Crippen molar-refractivity contribution in [3.63, 3.8) is 0 Å². The normalized spacial score (nSPS) is 34.2. The summed E-state index contributed by atoms with van der Waals surface area (Å²) in [5.74, 6) is -0.711. The Kier molecular flexibility index (Phi) is 4.70. The van der Waals surface area contributed by atoms with Crippen LogP contribution >= 0.6 is 0 Å². The molecule has 1 aromatic rings. The maximum Gasteiger partial charge on any atom is 0.243 e. The molecular formula is C17H24N2O6S3. The summed E-state index contributed by atoms with van der Waals surface area (Å²) in [7, 11) is -10.8. The highest BCUT2D eigenvalue weighted by Crippen LogP contribution is 2.36. The molecule has 8 nitrogen and oxygen atoms in total. The maximum atomic E-state index is 13.5. The molecule has 0 aromatic heterocycles. The molecule has 0 amide bonds. The molecule has 3 fully saturated rings. The summed E-state index contributed by atoms with van der Waals surface area (Å²) >= 11 is 0. The van der Waals surface area contributed by atoms with E-state index in [2.05, 4.69) is 5.32 Å². The van der Waals surface area contributed by atoms with Crippen LogP contribution in [0.15, 0.2) is 29.2 Å². The molecule has 0 unspecified atom stereocenters. The van der Waals surface area contributed by atoms with E-state index in [4.69, 9.17) is 0 Å². The van der Waals surface area contributed by atoms with E-state index in [0.717, 1.165) is 5.56 Å². The van der Waals surface area contributed by atoms with Crippen molar-refractivity contribution in [3.05, 3.63) is 29.8 Å². The number of sulfone groups is 2. The van der Waals surface area contributed by atoms with E-state index in [1.165, 1.54) is 16.4 Å². The first-order chi connectivity index (χ1) is 12.9. The van der Waals surface area contributed by atoms with Crippen molar-refractivity contribution in [2.24, 2.45) is 0 Å². The molecule has 3 aliphatic heterocycles. The summed E-state index contributed by atoms with van der Waals surface area (Å²) in [6.45, 7) is 4.00. The Bertz CT molecular complexity index is 1050. The Morgan fingerprint density at radius 2 is 1.36 bits per heavy atom. The van der Waals surface area contributed by atoms with Crippen LogP contribution in [0.5, 0.6) is 0 Å². The van der Waals surface area contributed by atoms with Crippen molar-refractivity contribution in [2.45, 2.75) is 48.8 Å². The summed E-state index contributed by atoms with van der Waals surface area (Å²) in [4.78, 5) is 0.0601. The predicted molar refractivity (Wildman–Crippen MR) is 105 cm³/mol. The zero-order valence-electron chi connectivity index (χ0n) is 15.6. The first-order valence-electron chi connectivity index (χ1n) is 9.20. The van der Waals surface area contributed by atoms with Crippen LogP contribution in [0, 0.1) is 0 Å². The molecule has 3 aliphatic rings. The molecule has 4 rings (SSSR count). The van der Waals surface area contributed by atoms with Gasteiger partial charge in [0.25, 0.3) is 0 Å². The van der Waals surface area contributed by atoms with Gasteiger partial charge in [0.1, 0.15) is 0 Å². The number of fused-ring (bicyclic) bond motifs is 2. The molecule has 156 valence electrons. The fourth-order valence-electron chi connectivity index (χ4n) is 4.50. The van der Waals surface area contributed by atoms with Gasteiger partial charge in [-0.05, 0) is 23.6 Å². The van der Waals surface area contributed by atoms with Crippen molar-refractivity contribution in [1.82, 2.24) is 9.62 Å². The van der Waals surface area contributed by atoms with E-state index in [1.807, 2.05) is 13.8 Å². The molecule has 0 bridgehead atoms. The monoisotopic (exact) mass is 448 g/mol. The third kappa shape index (κ3) is 3.41. The zero-order valence-corrected chi connectivity index (χ0v) is 18.1. The highest BCUT2D eigenvalue weighted by atomic mass is 32.2. The summed E-state index contributed by atoms with van der Waals surface area (Å²) in [6.07, 6.45) is 0. The number of sulfonamides is 1. The number of hydrogen-bond donors (Lipinski definition) is 1. The van der Waals surface area contributed by atoms with Gasteiger partial charge in [-0.2, -0.15) is 4.31 Å². The van der Waals surface area contributed by atoms with Gasteiger partial charge in [-0.15, -0.1) is 0 Å². The van der Waals surface area contributed by atoms with Gasteiger partial charge in [0.15, 0.2) is 19.7 Å². The molecule has 3 heterocycles. The van der Waals surface area contributed by atoms with Gasteiger partial charge in [-0.25, -0.2) is 25.3 Å². The Morgan fingerprint density at radius 1 is 0.893 bits per heavy atom. The van der Waals surface area contributed by atoms with Gasteiger partial charge < -0.3 is 5.32 Å². The number of piperazine rings is 1. The lowest BCUT2D eigenvalue weighted by molar-refractivity contribution is 0.160. The van der Waals surface area contributed by atoms with E-state index >= 15 is 0 Å². The van der Waals surface area contributed by atoms with Gasteiger partial charge in [0, 0.05) is 12.1 Å². The Morgan fingerprint density at radius 3 is 1.79 bits per heavy atom. The van der Waals surface area contributed by atoms with E-state index in [0.29, 0.717) is 0 Å². The third-order valence-electron chi connectivity index (χ3n) is 5.85. The minimum absolute atomic E-state index is 0.0601. The Hall–Kier alpha value is -1.01. The third-order valence-corrected chi connectivity index (χ3v) is 11.2. The molecule has 1 N–H and O–H groups in total. The second-order valence-electron chi connectivity index (χ2n) is 8.23. The molecular weight excluding hydrogens is 424 g/mol. The lowest BCUT2D eigenvalue weighted by Crippen LogP contribution is -2.67. The van der Waals surface area contributed by atoms with Crippen molar-refractivity contribution in [1.29, 1.82) is 0 Å². The minimum Gasteiger partial charge on any atom is -0.306 e. The van der Waals surface area contributed by atoms with Crippen LogP contribution < -0.4 is 5.32 Å². The van der Waals surface area contributed by atoms with Crippen LogP contribution in [0.25, 0.3) is 0 Å². The van der Waals surface area contributed by atoms with Gasteiger partial charge in [0.2, 0.25) is 10.0 Å². The van der Waals surface area contributed by atoms with Crippen LogP contribution in [-0.2, 0) is 29.7 Å². The molecule has 1 aromatic carbocycles. The molecule has 0 spiro atoms. The fraction of sp³-hybridized carbons (Fsp3) is 0.647. The van der Waals surface area contributed by atoms with Crippen molar-refractivity contribution in [3.8, 4) is 0 Å². The molecule has 28 heavy (non-hydrogen) atoms. The van der Waals surface area contributed by atoms with Crippen LogP contribution in [0.1, 0.15) is 25.3 Å². The summed E-state index contributed by atoms with van der Waals surface area (Å²) in [6, 6.07) is 3.74. The fourth-order valence-corrected chi connectivity index (χ4v) is 10.4. The van der Waals surface area contributed by atoms with Gasteiger partial charge in [-0.1, -0.05) is 26.0 Å². The highest BCUT2D eigenvalue weighted by Gasteiger charge is 2.57. The summed E-state index contributed by atoms with van der Waals surface area (Å²) in [5.41, 5.74) is 0.988. The largest absolute Gasteiger partial charge is 0.306 e. The SMILES string of the molecule is CC(C)c1ccc(S(=O)(=O)N2[C@@H]3CS(=O)(=O)C[C@@H]3N[C@H]3CS(=O)(=O)C[C@@H]32)cc1. The lowest BCUT2D eigenvalue weighted by atomic mass is 10.0. The van der Waals surface area contributed by atoms with Crippen LogP contribution in [0.4, 0.5) is 0 Å². The summed E-state index contributed by atoms with van der Waals surface area (Å²) < 4.78 is 76.9. The highest BCUT2D eigenvalue weighted by molar-refractivity contribution is 7.92. The number of hydrogen-bond acceptors (Lipinski definition) is 7. The standard InChI is InChI=1S/C17H24N2O6S3/c1-11(2)12-3-5-13(6-4-12)28(24,25)19-16-9-26(20,21)7-14(16)18-15-8-27(22,23)10-17(15)19/h3-6,11,14-18H,7-10H2,1-2H3/t14-,15-,16-,17+/m0/s1. The Labute approximate surface area is 166 Å². The second-order valence-corrected chi connectivity index (χ2v) is 14.4. The molecule has 0 saturated carbocycles. The number of benzene rings is 1. The van der Waals surface area contributed by atoms with E-state index in [1.54, 1.807) is 12.1 Å². The van der Waals surface area contributed by atoms with E-state index in [9.17, 15) is 25.3 Å². The quantitative estimate of drug-likeness (QED) is 0.677. The van der Waals surface area contributed by atoms with Gasteiger partial charge in [-0.3, -0.25) is 0 Å². The maximum absolute atomic E-state index is 13.5. The van der Waals surface area contributed by atoms with Crippen LogP contribution in [-0.4, -0.2) is 76.7 Å².